The summed E-state index contributed by atoms with van der Waals surface area (Å²) in [7, 11) is 0. The van der Waals surface area contributed by atoms with Gasteiger partial charge in [0.1, 0.15) is 0 Å². The van der Waals surface area contributed by atoms with Crippen LogP contribution in [0.3, 0.4) is 0 Å². The van der Waals surface area contributed by atoms with E-state index in [1.165, 1.54) is 25.1 Å². The first-order valence-electron chi connectivity index (χ1n) is 6.91. The molecule has 0 saturated carbocycles. The number of para-hydroxylation sites is 1. The predicted molar refractivity (Wildman–Crippen MR) is 82.7 cm³/mol. The predicted octanol–water partition coefficient (Wildman–Crippen LogP) is 2.50. The van der Waals surface area contributed by atoms with Gasteiger partial charge in [-0.15, -0.1) is 0 Å². The number of carboxylic acids is 1. The number of benzene rings is 1. The van der Waals surface area contributed by atoms with E-state index in [0.717, 1.165) is 0 Å². The minimum atomic E-state index is -1.22. The minimum Gasteiger partial charge on any atom is -0.478 e. The highest BCUT2D eigenvalue weighted by molar-refractivity contribution is 6.01. The van der Waals surface area contributed by atoms with Gasteiger partial charge in [0.15, 0.2) is 5.78 Å². The molecular weight excluding hydrogens is 300 g/mol. The van der Waals surface area contributed by atoms with E-state index in [0.29, 0.717) is 11.4 Å². The summed E-state index contributed by atoms with van der Waals surface area (Å²) in [5, 5.41) is 23.7. The van der Waals surface area contributed by atoms with Crippen molar-refractivity contribution >= 4 is 17.4 Å². The molecule has 1 unspecified atom stereocenters. The molecule has 0 amide bonds. The Balaban J connectivity index is 2.81. The molecule has 120 valence electrons. The molecule has 7 nitrogen and oxygen atoms in total. The molecule has 2 N–H and O–H groups in total. The summed E-state index contributed by atoms with van der Waals surface area (Å²) in [5.74, 6) is -2.53. The summed E-state index contributed by atoms with van der Waals surface area (Å²) in [6.07, 6.45) is 0. The summed E-state index contributed by atoms with van der Waals surface area (Å²) >= 11 is 0. The molecular formula is C16H16N2O5. The molecule has 0 bridgehead atoms. The second kappa shape index (κ2) is 6.04. The zero-order valence-electron chi connectivity index (χ0n) is 12.9. The number of carboxylic acid groups (broad SMARTS) is 1. The monoisotopic (exact) mass is 316 g/mol. The van der Waals surface area contributed by atoms with Gasteiger partial charge in [-0.1, -0.05) is 18.2 Å². The van der Waals surface area contributed by atoms with E-state index >= 15 is 0 Å². The van der Waals surface area contributed by atoms with Gasteiger partial charge >= 0.3 is 5.97 Å². The van der Waals surface area contributed by atoms with Crippen molar-refractivity contribution in [1.29, 1.82) is 0 Å². The van der Waals surface area contributed by atoms with Gasteiger partial charge < -0.3 is 10.4 Å². The number of nitrogens with one attached hydrogen (secondary N) is 1. The van der Waals surface area contributed by atoms with Crippen LogP contribution in [0.15, 0.2) is 46.8 Å². The number of allylic oxidation sites excluding steroid dienone is 3. The van der Waals surface area contributed by atoms with Crippen molar-refractivity contribution in [2.45, 2.75) is 26.7 Å². The van der Waals surface area contributed by atoms with E-state index in [4.69, 9.17) is 0 Å². The third-order valence-electron chi connectivity index (χ3n) is 3.81. The fourth-order valence-electron chi connectivity index (χ4n) is 2.95. The lowest BCUT2D eigenvalue weighted by atomic mass is 9.78. The smallest absolute Gasteiger partial charge is 0.334 e. The topological polar surface area (TPSA) is 110 Å². The van der Waals surface area contributed by atoms with Crippen LogP contribution in [0.25, 0.3) is 0 Å². The molecule has 1 aromatic rings. The van der Waals surface area contributed by atoms with Crippen LogP contribution in [0, 0.1) is 10.1 Å². The van der Waals surface area contributed by atoms with Crippen LogP contribution in [-0.2, 0) is 9.59 Å². The van der Waals surface area contributed by atoms with Gasteiger partial charge in [-0.05, 0) is 20.8 Å². The van der Waals surface area contributed by atoms with Crippen LogP contribution >= 0.6 is 0 Å². The first-order chi connectivity index (χ1) is 10.8. The number of nitrogens with zero attached hydrogens (tertiary/aromatic N) is 1. The Morgan fingerprint density at radius 3 is 2.26 bits per heavy atom. The standard InChI is InChI=1S/C16H16N2O5/c1-8-13(10(3)19)15(14(16(20)21)9(2)17-8)11-6-4-5-7-12(11)18(22)23/h4-7,15,17H,1-3H3,(H,20,21). The Kier molecular flexibility index (Phi) is 4.31. The number of carbonyl (C=O) groups excluding carboxylic acids is 1. The molecule has 0 aromatic heterocycles. The van der Waals surface area contributed by atoms with E-state index in [9.17, 15) is 24.8 Å². The number of ketones is 1. The Bertz CT molecular complexity index is 740. The number of aliphatic carboxylic acids is 1. The van der Waals surface area contributed by atoms with Crippen LogP contribution in [0.1, 0.15) is 32.3 Å². The highest BCUT2D eigenvalue weighted by Gasteiger charge is 2.38. The third-order valence-corrected chi connectivity index (χ3v) is 3.81. The second-order valence-electron chi connectivity index (χ2n) is 5.31. The molecule has 0 aliphatic carbocycles. The van der Waals surface area contributed by atoms with Gasteiger partial charge in [-0.3, -0.25) is 14.9 Å². The normalized spacial score (nSPS) is 17.8. The zero-order chi connectivity index (χ0) is 17.3. The van der Waals surface area contributed by atoms with E-state index < -0.39 is 16.8 Å². The van der Waals surface area contributed by atoms with Gasteiger partial charge in [0, 0.05) is 28.6 Å². The molecule has 7 heteroatoms. The van der Waals surface area contributed by atoms with E-state index in [2.05, 4.69) is 5.32 Å². The van der Waals surface area contributed by atoms with Crippen molar-refractivity contribution in [3.05, 3.63) is 62.5 Å². The average molecular weight is 316 g/mol. The van der Waals surface area contributed by atoms with Gasteiger partial charge in [0.05, 0.1) is 16.4 Å². The lowest BCUT2D eigenvalue weighted by Gasteiger charge is -2.29. The van der Waals surface area contributed by atoms with Crippen molar-refractivity contribution in [2.24, 2.45) is 0 Å². The second-order valence-corrected chi connectivity index (χ2v) is 5.31. The summed E-state index contributed by atoms with van der Waals surface area (Å²) in [6.45, 7) is 4.55. The molecule has 2 rings (SSSR count). The first kappa shape index (κ1) is 16.4. The number of Topliss-reactive ketones (excluding diaryl/α,β-unsaturated/α-hetero) is 1. The van der Waals surface area contributed by atoms with Crippen LogP contribution in [0.5, 0.6) is 0 Å². The summed E-state index contributed by atoms with van der Waals surface area (Å²) < 4.78 is 0. The Hall–Kier alpha value is -2.96. The molecule has 1 aliphatic rings. The number of rotatable bonds is 4. The minimum absolute atomic E-state index is 0.0601. The highest BCUT2D eigenvalue weighted by Crippen LogP contribution is 2.41. The van der Waals surface area contributed by atoms with E-state index in [1.54, 1.807) is 19.9 Å². The first-order valence-corrected chi connectivity index (χ1v) is 6.91. The summed E-state index contributed by atoms with van der Waals surface area (Å²) in [4.78, 5) is 34.5. The molecule has 1 aliphatic heterocycles. The van der Waals surface area contributed by atoms with Gasteiger partial charge in [-0.25, -0.2) is 4.79 Å². The molecule has 0 radical (unpaired) electrons. The Labute approximate surface area is 132 Å². The molecule has 1 aromatic carbocycles. The quantitative estimate of drug-likeness (QED) is 0.652. The van der Waals surface area contributed by atoms with E-state index in [-0.39, 0.29) is 28.2 Å². The fraction of sp³-hybridized carbons (Fsp3) is 0.250. The Morgan fingerprint density at radius 1 is 1.17 bits per heavy atom. The van der Waals surface area contributed by atoms with Crippen LogP contribution in [0.2, 0.25) is 0 Å². The summed E-state index contributed by atoms with van der Waals surface area (Å²) in [5.41, 5.74) is 1.02. The van der Waals surface area contributed by atoms with Crippen molar-refractivity contribution in [3.8, 4) is 0 Å². The maximum Gasteiger partial charge on any atom is 0.334 e. The average Bonchev–Trinajstić information content (AvgIpc) is 2.45. The molecule has 1 atom stereocenters. The van der Waals surface area contributed by atoms with Crippen molar-refractivity contribution < 1.29 is 19.6 Å². The number of nitro groups is 1. The maximum absolute atomic E-state index is 12.1. The van der Waals surface area contributed by atoms with Crippen molar-refractivity contribution in [1.82, 2.24) is 5.32 Å². The maximum atomic E-state index is 12.1. The number of carbonyl (C=O) groups is 2. The van der Waals surface area contributed by atoms with Crippen molar-refractivity contribution in [3.63, 3.8) is 0 Å². The van der Waals surface area contributed by atoms with Gasteiger partial charge in [0.25, 0.3) is 5.69 Å². The Morgan fingerprint density at radius 2 is 1.74 bits per heavy atom. The zero-order valence-corrected chi connectivity index (χ0v) is 12.9. The SMILES string of the molecule is CC(=O)C1=C(C)NC(C)=C(C(=O)O)C1c1ccccc1[N+](=O)[O-]. The third kappa shape index (κ3) is 2.85. The van der Waals surface area contributed by atoms with Crippen LogP contribution in [0.4, 0.5) is 5.69 Å². The molecule has 0 spiro atoms. The van der Waals surface area contributed by atoms with Gasteiger partial charge in [-0.2, -0.15) is 0 Å². The van der Waals surface area contributed by atoms with Crippen LogP contribution < -0.4 is 5.32 Å². The lowest BCUT2D eigenvalue weighted by molar-refractivity contribution is -0.385. The largest absolute Gasteiger partial charge is 0.478 e. The van der Waals surface area contributed by atoms with E-state index in [1.807, 2.05) is 0 Å². The number of hydrogen-bond acceptors (Lipinski definition) is 5. The molecule has 23 heavy (non-hydrogen) atoms. The molecule has 0 saturated heterocycles. The number of nitro benzene ring substituents is 1. The highest BCUT2D eigenvalue weighted by atomic mass is 16.6. The van der Waals surface area contributed by atoms with Crippen molar-refractivity contribution in [2.75, 3.05) is 0 Å². The number of hydrogen-bond donors (Lipinski definition) is 2. The lowest BCUT2D eigenvalue weighted by Crippen LogP contribution is -2.30. The number of dihydropyridines is 1. The molecule has 1 heterocycles. The van der Waals surface area contributed by atoms with Gasteiger partial charge in [0.2, 0.25) is 0 Å². The van der Waals surface area contributed by atoms with Crippen LogP contribution in [-0.4, -0.2) is 21.8 Å². The molecule has 0 fully saturated rings. The fourth-order valence-corrected chi connectivity index (χ4v) is 2.95. The summed E-state index contributed by atoms with van der Waals surface area (Å²) in [6, 6.07) is 5.88.